The van der Waals surface area contributed by atoms with Crippen LogP contribution in [-0.4, -0.2) is 20.5 Å². The van der Waals surface area contributed by atoms with Crippen LogP contribution in [0.4, 0.5) is 13.2 Å². The maximum absolute atomic E-state index is 12.5. The summed E-state index contributed by atoms with van der Waals surface area (Å²) in [5.41, 5.74) is -0.403. The van der Waals surface area contributed by atoms with Crippen LogP contribution in [0.1, 0.15) is 36.2 Å². The van der Waals surface area contributed by atoms with Gasteiger partial charge in [0.2, 0.25) is 0 Å². The van der Waals surface area contributed by atoms with Crippen LogP contribution in [0.15, 0.2) is 30.7 Å². The van der Waals surface area contributed by atoms with Crippen LogP contribution in [0.3, 0.4) is 0 Å². The van der Waals surface area contributed by atoms with Crippen LogP contribution in [0.5, 0.6) is 0 Å². The molecule has 0 atom stereocenters. The van der Waals surface area contributed by atoms with E-state index in [1.54, 1.807) is 6.07 Å². The highest BCUT2D eigenvalue weighted by atomic mass is 19.4. The van der Waals surface area contributed by atoms with Crippen molar-refractivity contribution in [1.82, 2.24) is 14.8 Å². The Bertz CT molecular complexity index is 630. The highest BCUT2D eigenvalue weighted by Gasteiger charge is 2.32. The zero-order valence-corrected chi connectivity index (χ0v) is 11.6. The van der Waals surface area contributed by atoms with Gasteiger partial charge in [-0.3, -0.25) is 4.79 Å². The standard InChI is InChI=1S/C14H14F3N3O/c1-9(2)5-12(21)10-3-4-13(18-6-10)20-8-11(7-19-20)14(15,16)17/h3-4,6-9H,5H2,1-2H3. The molecule has 0 spiro atoms. The van der Waals surface area contributed by atoms with Gasteiger partial charge in [0.25, 0.3) is 0 Å². The van der Waals surface area contributed by atoms with Crippen molar-refractivity contribution in [3.63, 3.8) is 0 Å². The van der Waals surface area contributed by atoms with Crippen molar-refractivity contribution in [3.8, 4) is 5.82 Å². The van der Waals surface area contributed by atoms with Crippen molar-refractivity contribution in [3.05, 3.63) is 41.9 Å². The Morgan fingerprint density at radius 3 is 2.48 bits per heavy atom. The van der Waals surface area contributed by atoms with E-state index in [9.17, 15) is 18.0 Å². The van der Waals surface area contributed by atoms with E-state index in [1.165, 1.54) is 12.3 Å². The predicted molar refractivity (Wildman–Crippen MR) is 70.1 cm³/mol. The lowest BCUT2D eigenvalue weighted by Gasteiger charge is -2.05. The quantitative estimate of drug-likeness (QED) is 0.811. The number of ketones is 1. The molecule has 0 unspecified atom stereocenters. The average molecular weight is 297 g/mol. The molecule has 0 radical (unpaired) electrons. The van der Waals surface area contributed by atoms with Crippen molar-refractivity contribution in [2.75, 3.05) is 0 Å². The topological polar surface area (TPSA) is 47.8 Å². The van der Waals surface area contributed by atoms with Crippen LogP contribution in [0.25, 0.3) is 5.82 Å². The van der Waals surface area contributed by atoms with Crippen molar-refractivity contribution >= 4 is 5.78 Å². The monoisotopic (exact) mass is 297 g/mol. The number of nitrogens with zero attached hydrogens (tertiary/aromatic N) is 3. The molecule has 0 aliphatic carbocycles. The van der Waals surface area contributed by atoms with Crippen molar-refractivity contribution in [2.45, 2.75) is 26.4 Å². The van der Waals surface area contributed by atoms with Gasteiger partial charge in [-0.2, -0.15) is 18.3 Å². The Kier molecular flexibility index (Phi) is 4.11. The molecule has 0 saturated carbocycles. The van der Waals surface area contributed by atoms with Crippen LogP contribution < -0.4 is 0 Å². The lowest BCUT2D eigenvalue weighted by Crippen LogP contribution is -2.06. The van der Waals surface area contributed by atoms with Crippen LogP contribution in [0, 0.1) is 5.92 Å². The van der Waals surface area contributed by atoms with E-state index in [1.807, 2.05) is 13.8 Å². The molecule has 0 saturated heterocycles. The maximum Gasteiger partial charge on any atom is 0.419 e. The first-order valence-electron chi connectivity index (χ1n) is 6.39. The highest BCUT2D eigenvalue weighted by molar-refractivity contribution is 5.95. The summed E-state index contributed by atoms with van der Waals surface area (Å²) in [6.07, 6.45) is -1.08. The molecule has 4 nitrogen and oxygen atoms in total. The van der Waals surface area contributed by atoms with Gasteiger partial charge in [0.05, 0.1) is 11.8 Å². The smallest absolute Gasteiger partial charge is 0.294 e. The average Bonchev–Trinajstić information content (AvgIpc) is 2.87. The van der Waals surface area contributed by atoms with Crippen LogP contribution >= 0.6 is 0 Å². The van der Waals surface area contributed by atoms with Crippen LogP contribution in [0.2, 0.25) is 0 Å². The first-order chi connectivity index (χ1) is 9.77. The number of rotatable bonds is 4. The minimum atomic E-state index is -4.44. The number of pyridine rings is 1. The van der Waals surface area contributed by atoms with E-state index in [2.05, 4.69) is 10.1 Å². The van der Waals surface area contributed by atoms with Gasteiger partial charge in [-0.15, -0.1) is 0 Å². The summed E-state index contributed by atoms with van der Waals surface area (Å²) in [7, 11) is 0. The first kappa shape index (κ1) is 15.2. The van der Waals surface area contributed by atoms with E-state index >= 15 is 0 Å². The molecule has 0 bridgehead atoms. The molecule has 0 aromatic carbocycles. The second kappa shape index (κ2) is 5.67. The third-order valence-electron chi connectivity index (χ3n) is 2.81. The molecule has 2 rings (SSSR count). The molecule has 0 aliphatic rings. The number of hydrogen-bond donors (Lipinski definition) is 0. The number of Topliss-reactive ketones (excluding diaryl/α,β-unsaturated/α-hetero) is 1. The summed E-state index contributed by atoms with van der Waals surface area (Å²) in [6, 6.07) is 3.02. The van der Waals surface area contributed by atoms with Gasteiger partial charge in [-0.25, -0.2) is 9.67 Å². The number of halogens is 3. The Labute approximate surface area is 119 Å². The molecule has 0 aliphatic heterocycles. The predicted octanol–water partition coefficient (Wildman–Crippen LogP) is 3.51. The van der Waals surface area contributed by atoms with Crippen molar-refractivity contribution in [2.24, 2.45) is 5.92 Å². The second-order valence-electron chi connectivity index (χ2n) is 5.10. The first-order valence-corrected chi connectivity index (χ1v) is 6.39. The lowest BCUT2D eigenvalue weighted by atomic mass is 10.0. The number of carbonyl (C=O) groups is 1. The zero-order chi connectivity index (χ0) is 15.6. The van der Waals surface area contributed by atoms with Gasteiger partial charge >= 0.3 is 6.18 Å². The fraction of sp³-hybridized carbons (Fsp3) is 0.357. The Balaban J connectivity index is 2.19. The molecule has 2 aromatic heterocycles. The summed E-state index contributed by atoms with van der Waals surface area (Å²) >= 11 is 0. The van der Waals surface area contributed by atoms with E-state index in [0.29, 0.717) is 12.0 Å². The largest absolute Gasteiger partial charge is 0.419 e. The molecule has 0 N–H and O–H groups in total. The number of carbonyl (C=O) groups excluding carboxylic acids is 1. The second-order valence-corrected chi connectivity index (χ2v) is 5.10. The van der Waals surface area contributed by atoms with E-state index in [4.69, 9.17) is 0 Å². The third kappa shape index (κ3) is 3.68. The van der Waals surface area contributed by atoms with Gasteiger partial charge in [0, 0.05) is 24.4 Å². The molecule has 0 fully saturated rings. The van der Waals surface area contributed by atoms with E-state index in [0.717, 1.165) is 17.1 Å². The number of aromatic nitrogens is 3. The van der Waals surface area contributed by atoms with E-state index < -0.39 is 11.7 Å². The summed E-state index contributed by atoms with van der Waals surface area (Å²) < 4.78 is 38.5. The van der Waals surface area contributed by atoms with Gasteiger partial charge < -0.3 is 0 Å². The Morgan fingerprint density at radius 2 is 2.00 bits per heavy atom. The highest BCUT2D eigenvalue weighted by Crippen LogP contribution is 2.28. The van der Waals surface area contributed by atoms with Gasteiger partial charge in [-0.1, -0.05) is 13.8 Å². The van der Waals surface area contributed by atoms with Gasteiger partial charge in [0.1, 0.15) is 0 Å². The lowest BCUT2D eigenvalue weighted by molar-refractivity contribution is -0.137. The number of hydrogen-bond acceptors (Lipinski definition) is 3. The molecular weight excluding hydrogens is 283 g/mol. The third-order valence-corrected chi connectivity index (χ3v) is 2.81. The minimum absolute atomic E-state index is 0.0412. The molecular formula is C14H14F3N3O. The van der Waals surface area contributed by atoms with E-state index in [-0.39, 0.29) is 17.5 Å². The Hall–Kier alpha value is -2.18. The molecule has 2 heterocycles. The minimum Gasteiger partial charge on any atom is -0.294 e. The molecule has 0 amide bonds. The van der Waals surface area contributed by atoms with Crippen LogP contribution in [-0.2, 0) is 6.18 Å². The number of alkyl halides is 3. The molecule has 112 valence electrons. The zero-order valence-electron chi connectivity index (χ0n) is 11.6. The molecule has 2 aromatic rings. The van der Waals surface area contributed by atoms with Crippen molar-refractivity contribution < 1.29 is 18.0 Å². The maximum atomic E-state index is 12.5. The molecule has 7 heteroatoms. The summed E-state index contributed by atoms with van der Waals surface area (Å²) in [6.45, 7) is 3.87. The SMILES string of the molecule is CC(C)CC(=O)c1ccc(-n2cc(C(F)(F)F)cn2)nc1. The molecule has 21 heavy (non-hydrogen) atoms. The van der Waals surface area contributed by atoms with Gasteiger partial charge in [0.15, 0.2) is 11.6 Å². The Morgan fingerprint density at radius 1 is 1.29 bits per heavy atom. The summed E-state index contributed by atoms with van der Waals surface area (Å²) in [5.74, 6) is 0.421. The van der Waals surface area contributed by atoms with Gasteiger partial charge in [-0.05, 0) is 18.1 Å². The normalized spacial score (nSPS) is 11.9. The fourth-order valence-electron chi connectivity index (χ4n) is 1.77. The summed E-state index contributed by atoms with van der Waals surface area (Å²) in [4.78, 5) is 15.8. The van der Waals surface area contributed by atoms with Crippen molar-refractivity contribution in [1.29, 1.82) is 0 Å². The fourth-order valence-corrected chi connectivity index (χ4v) is 1.77. The summed E-state index contributed by atoms with van der Waals surface area (Å²) in [5, 5.41) is 3.63.